The molecule has 0 aromatic carbocycles. The van der Waals surface area contributed by atoms with Gasteiger partial charge in [-0.3, -0.25) is 9.59 Å². The van der Waals surface area contributed by atoms with Gasteiger partial charge in [-0.25, -0.2) is 0 Å². The van der Waals surface area contributed by atoms with Crippen molar-refractivity contribution in [2.45, 2.75) is 27.7 Å². The number of pyridine rings is 1. The second-order valence-corrected chi connectivity index (χ2v) is 4.94. The molecule has 0 aliphatic carbocycles. The maximum Gasteiger partial charge on any atom is 0.250 e. The topological polar surface area (TPSA) is 51.1 Å². The van der Waals surface area contributed by atoms with Crippen LogP contribution in [0, 0.1) is 11.8 Å². The third-order valence-electron chi connectivity index (χ3n) is 2.22. The molecule has 4 nitrogen and oxygen atoms in total. The van der Waals surface area contributed by atoms with Crippen molar-refractivity contribution in [3.63, 3.8) is 0 Å². The summed E-state index contributed by atoms with van der Waals surface area (Å²) in [6.07, 6.45) is 1.72. The van der Waals surface area contributed by atoms with Crippen molar-refractivity contribution in [2.75, 3.05) is 6.54 Å². The summed E-state index contributed by atoms with van der Waals surface area (Å²) in [4.78, 5) is 21.5. The van der Waals surface area contributed by atoms with Crippen molar-refractivity contribution in [1.29, 1.82) is 0 Å². The molecule has 0 aliphatic rings. The average Bonchev–Trinajstić information content (AvgIpc) is 2.30. The van der Waals surface area contributed by atoms with Gasteiger partial charge in [-0.05, 0) is 12.0 Å². The highest BCUT2D eigenvalue weighted by Crippen LogP contribution is 1.92. The summed E-state index contributed by atoms with van der Waals surface area (Å²) < 4.78 is 1.53. The number of aromatic nitrogens is 1. The highest BCUT2D eigenvalue weighted by molar-refractivity contribution is 5.77. The van der Waals surface area contributed by atoms with Crippen LogP contribution in [0.2, 0.25) is 0 Å². The third kappa shape index (κ3) is 7.65. The minimum atomic E-state index is 0.0347. The van der Waals surface area contributed by atoms with E-state index in [0.717, 1.165) is 6.54 Å². The molecule has 1 amide bonds. The zero-order valence-electron chi connectivity index (χ0n) is 11.9. The minimum absolute atomic E-state index is 0.0347. The van der Waals surface area contributed by atoms with Gasteiger partial charge in [0.15, 0.2) is 0 Å². The number of hydrogen-bond donors (Lipinski definition) is 1. The molecule has 1 aromatic heterocycles. The number of nitrogens with one attached hydrogen (secondary N) is 1. The highest BCUT2D eigenvalue weighted by Gasteiger charge is 2.05. The van der Waals surface area contributed by atoms with E-state index in [1.165, 1.54) is 10.6 Å². The predicted molar refractivity (Wildman–Crippen MR) is 74.4 cm³/mol. The molecular weight excluding hydrogens is 228 g/mol. The molecule has 1 aromatic rings. The SMILES string of the molecule is CC(C)CNC(=O)C(C)C.Cn1ccccc1=O. The van der Waals surface area contributed by atoms with Gasteiger partial charge in [-0.15, -0.1) is 0 Å². The quantitative estimate of drug-likeness (QED) is 0.892. The molecule has 0 atom stereocenters. The molecule has 102 valence electrons. The summed E-state index contributed by atoms with van der Waals surface area (Å²) in [6.45, 7) is 8.75. The number of aryl methyl sites for hydroxylation is 1. The van der Waals surface area contributed by atoms with E-state index in [0.29, 0.717) is 5.92 Å². The zero-order valence-corrected chi connectivity index (χ0v) is 11.9. The van der Waals surface area contributed by atoms with Gasteiger partial charge in [0.1, 0.15) is 0 Å². The summed E-state index contributed by atoms with van der Waals surface area (Å²) in [5.74, 6) is 0.801. The Morgan fingerprint density at radius 1 is 1.28 bits per heavy atom. The van der Waals surface area contributed by atoms with Crippen molar-refractivity contribution < 1.29 is 4.79 Å². The van der Waals surface area contributed by atoms with Crippen molar-refractivity contribution in [1.82, 2.24) is 9.88 Å². The lowest BCUT2D eigenvalue weighted by atomic mass is 10.2. The molecule has 0 saturated heterocycles. The lowest BCUT2D eigenvalue weighted by Crippen LogP contribution is -2.30. The lowest BCUT2D eigenvalue weighted by molar-refractivity contribution is -0.124. The van der Waals surface area contributed by atoms with E-state index in [-0.39, 0.29) is 17.4 Å². The van der Waals surface area contributed by atoms with Crippen molar-refractivity contribution in [3.8, 4) is 0 Å². The first-order valence-corrected chi connectivity index (χ1v) is 6.24. The Morgan fingerprint density at radius 3 is 2.22 bits per heavy atom. The first-order chi connectivity index (χ1) is 8.34. The number of carbonyl (C=O) groups is 1. The fourth-order valence-electron chi connectivity index (χ4n) is 1.02. The Balaban J connectivity index is 0.000000327. The molecule has 0 bridgehead atoms. The molecule has 0 aliphatic heterocycles. The van der Waals surface area contributed by atoms with E-state index in [1.807, 2.05) is 19.9 Å². The fraction of sp³-hybridized carbons (Fsp3) is 0.571. The van der Waals surface area contributed by atoms with Crippen LogP contribution in [0.4, 0.5) is 0 Å². The molecule has 0 radical (unpaired) electrons. The first kappa shape index (κ1) is 16.4. The van der Waals surface area contributed by atoms with Gasteiger partial charge in [-0.2, -0.15) is 0 Å². The number of nitrogens with zero attached hydrogens (tertiary/aromatic N) is 1. The Morgan fingerprint density at radius 2 is 1.89 bits per heavy atom. The van der Waals surface area contributed by atoms with Crippen LogP contribution in [-0.2, 0) is 11.8 Å². The van der Waals surface area contributed by atoms with Crippen LogP contribution in [-0.4, -0.2) is 17.0 Å². The fourth-order valence-corrected chi connectivity index (χ4v) is 1.02. The zero-order chi connectivity index (χ0) is 14.1. The number of amides is 1. The summed E-state index contributed by atoms with van der Waals surface area (Å²) in [6, 6.07) is 5.07. The second kappa shape index (κ2) is 8.50. The molecule has 0 spiro atoms. The van der Waals surface area contributed by atoms with Gasteiger partial charge < -0.3 is 9.88 Å². The van der Waals surface area contributed by atoms with Crippen LogP contribution >= 0.6 is 0 Å². The maximum atomic E-state index is 10.9. The summed E-state index contributed by atoms with van der Waals surface area (Å²) in [5, 5.41) is 2.84. The Kier molecular flexibility index (Phi) is 7.76. The molecule has 0 unspecified atom stereocenters. The third-order valence-corrected chi connectivity index (χ3v) is 2.22. The van der Waals surface area contributed by atoms with E-state index in [2.05, 4.69) is 19.2 Å². The molecule has 0 fully saturated rings. The predicted octanol–water partition coefficient (Wildman–Crippen LogP) is 1.80. The molecular formula is C14H24N2O2. The highest BCUT2D eigenvalue weighted by atomic mass is 16.1. The van der Waals surface area contributed by atoms with E-state index in [9.17, 15) is 9.59 Å². The maximum absolute atomic E-state index is 10.9. The van der Waals surface area contributed by atoms with Crippen LogP contribution in [0.5, 0.6) is 0 Å². The van der Waals surface area contributed by atoms with Gasteiger partial charge in [-0.1, -0.05) is 33.8 Å². The molecule has 1 rings (SSSR count). The van der Waals surface area contributed by atoms with Crippen LogP contribution in [0.1, 0.15) is 27.7 Å². The normalized spacial score (nSPS) is 9.94. The van der Waals surface area contributed by atoms with Crippen molar-refractivity contribution in [3.05, 3.63) is 34.7 Å². The Hall–Kier alpha value is -1.58. The second-order valence-electron chi connectivity index (χ2n) is 4.94. The van der Waals surface area contributed by atoms with Gasteiger partial charge >= 0.3 is 0 Å². The van der Waals surface area contributed by atoms with Crippen molar-refractivity contribution >= 4 is 5.91 Å². The van der Waals surface area contributed by atoms with Gasteiger partial charge in [0.05, 0.1) is 0 Å². The monoisotopic (exact) mass is 252 g/mol. The largest absolute Gasteiger partial charge is 0.356 e. The molecule has 18 heavy (non-hydrogen) atoms. The smallest absolute Gasteiger partial charge is 0.250 e. The van der Waals surface area contributed by atoms with Crippen LogP contribution in [0.3, 0.4) is 0 Å². The molecule has 0 saturated carbocycles. The lowest BCUT2D eigenvalue weighted by Gasteiger charge is -2.08. The number of carbonyl (C=O) groups excluding carboxylic acids is 1. The van der Waals surface area contributed by atoms with Crippen LogP contribution in [0.25, 0.3) is 0 Å². The van der Waals surface area contributed by atoms with Gasteiger partial charge in [0.25, 0.3) is 0 Å². The van der Waals surface area contributed by atoms with E-state index in [1.54, 1.807) is 19.3 Å². The van der Waals surface area contributed by atoms with E-state index >= 15 is 0 Å². The number of rotatable bonds is 3. The standard InChI is InChI=1S/C8H17NO.C6H7NO/c1-6(2)5-9-8(10)7(3)4;1-7-5-3-2-4-6(7)8/h6-7H,5H2,1-4H3,(H,9,10);2-5H,1H3. The summed E-state index contributed by atoms with van der Waals surface area (Å²) in [7, 11) is 1.72. The molecule has 1 N–H and O–H groups in total. The van der Waals surface area contributed by atoms with Crippen LogP contribution < -0.4 is 10.9 Å². The Labute approximate surface area is 109 Å². The Bertz CT molecular complexity index is 408. The summed E-state index contributed by atoms with van der Waals surface area (Å²) >= 11 is 0. The van der Waals surface area contributed by atoms with Gasteiger partial charge in [0.2, 0.25) is 11.5 Å². The average molecular weight is 252 g/mol. The molecule has 1 heterocycles. The number of hydrogen-bond acceptors (Lipinski definition) is 2. The van der Waals surface area contributed by atoms with Crippen LogP contribution in [0.15, 0.2) is 29.2 Å². The van der Waals surface area contributed by atoms with E-state index < -0.39 is 0 Å². The first-order valence-electron chi connectivity index (χ1n) is 6.24. The summed E-state index contributed by atoms with van der Waals surface area (Å²) in [5.41, 5.74) is 0.0347. The van der Waals surface area contributed by atoms with Crippen molar-refractivity contribution in [2.24, 2.45) is 18.9 Å². The van der Waals surface area contributed by atoms with E-state index in [4.69, 9.17) is 0 Å². The van der Waals surface area contributed by atoms with Gasteiger partial charge in [0, 0.05) is 31.8 Å². The minimum Gasteiger partial charge on any atom is -0.356 e. The molecule has 4 heteroatoms.